The predicted molar refractivity (Wildman–Crippen MR) is 134 cm³/mol. The third-order valence-corrected chi connectivity index (χ3v) is 5.62. The summed E-state index contributed by atoms with van der Waals surface area (Å²) in [5.41, 5.74) is 4.12. The van der Waals surface area contributed by atoms with E-state index < -0.39 is 0 Å². The summed E-state index contributed by atoms with van der Waals surface area (Å²) in [6.07, 6.45) is 3.71. The zero-order chi connectivity index (χ0) is 24.6. The van der Waals surface area contributed by atoms with Crippen LogP contribution in [0.1, 0.15) is 11.6 Å². The van der Waals surface area contributed by atoms with Crippen molar-refractivity contribution in [2.45, 2.75) is 5.92 Å². The van der Waals surface area contributed by atoms with Crippen LogP contribution in [0.4, 0.5) is 11.4 Å². The van der Waals surface area contributed by atoms with Gasteiger partial charge in [-0.2, -0.15) is 5.10 Å². The van der Waals surface area contributed by atoms with E-state index in [0.29, 0.717) is 31.3 Å². The second-order valence-corrected chi connectivity index (χ2v) is 8.08. The van der Waals surface area contributed by atoms with Crippen LogP contribution in [0.3, 0.4) is 0 Å². The number of fused-ring (bicyclic) bond motifs is 1. The second kappa shape index (κ2) is 11.8. The number of likely N-dealkylation sites (N-methyl/N-ethyl adjacent to an activating group) is 1. The minimum atomic E-state index is -0.0395. The molecule has 1 aliphatic rings. The Bertz CT molecular complexity index is 1160. The van der Waals surface area contributed by atoms with Crippen LogP contribution in [-0.4, -0.2) is 87.3 Å². The lowest BCUT2D eigenvalue weighted by Crippen LogP contribution is -2.21. The molecule has 3 aromatic rings. The van der Waals surface area contributed by atoms with Gasteiger partial charge in [-0.1, -0.05) is 0 Å². The summed E-state index contributed by atoms with van der Waals surface area (Å²) in [5, 5.41) is 16.0. The maximum Gasteiger partial charge on any atom is 0.189 e. The molecule has 0 bridgehead atoms. The molecule has 0 radical (unpaired) electrons. The van der Waals surface area contributed by atoms with Gasteiger partial charge in [-0.05, 0) is 18.2 Å². The molecule has 2 aromatic carbocycles. The Morgan fingerprint density at radius 2 is 1.91 bits per heavy atom. The first-order valence-corrected chi connectivity index (χ1v) is 11.4. The molecule has 0 saturated carbocycles. The van der Waals surface area contributed by atoms with E-state index in [1.807, 2.05) is 59.7 Å². The Morgan fingerprint density at radius 1 is 1.06 bits per heavy atom. The van der Waals surface area contributed by atoms with Crippen LogP contribution in [0, 0.1) is 0 Å². The lowest BCUT2D eigenvalue weighted by molar-refractivity contribution is -0.00851. The SMILES string of the molecule is COCCOCOc1cc(OC)cc(N(CCO)c2ccc3ncc(C4C=NN(C)C4)nc3c2)c1. The number of ether oxygens (including phenoxy) is 4. The Labute approximate surface area is 204 Å². The minimum absolute atomic E-state index is 0.0395. The highest BCUT2D eigenvalue weighted by Gasteiger charge is 2.19. The van der Waals surface area contributed by atoms with Gasteiger partial charge in [0, 0.05) is 69.2 Å². The first-order chi connectivity index (χ1) is 17.1. The van der Waals surface area contributed by atoms with Crippen LogP contribution in [0.5, 0.6) is 11.5 Å². The highest BCUT2D eigenvalue weighted by molar-refractivity contribution is 5.82. The number of hydrogen-bond acceptors (Lipinski definition) is 10. The number of nitrogens with zero attached hydrogens (tertiary/aromatic N) is 5. The number of methoxy groups -OCH3 is 2. The van der Waals surface area contributed by atoms with Gasteiger partial charge in [0.05, 0.1) is 49.6 Å². The van der Waals surface area contributed by atoms with Gasteiger partial charge >= 0.3 is 0 Å². The molecular weight excluding hydrogens is 450 g/mol. The molecule has 1 unspecified atom stereocenters. The lowest BCUT2D eigenvalue weighted by atomic mass is 10.1. The zero-order valence-electron chi connectivity index (χ0n) is 20.3. The van der Waals surface area contributed by atoms with Gasteiger partial charge in [-0.25, -0.2) is 4.98 Å². The molecule has 10 heteroatoms. The maximum absolute atomic E-state index is 9.82. The van der Waals surface area contributed by atoms with Crippen molar-refractivity contribution in [3.63, 3.8) is 0 Å². The fourth-order valence-electron chi connectivity index (χ4n) is 3.84. The van der Waals surface area contributed by atoms with E-state index in [1.54, 1.807) is 20.3 Å². The van der Waals surface area contributed by atoms with Crippen LogP contribution >= 0.6 is 0 Å². The molecule has 1 aliphatic heterocycles. The Hall–Kier alpha value is -3.47. The molecule has 1 aromatic heterocycles. The minimum Gasteiger partial charge on any atom is -0.497 e. The maximum atomic E-state index is 9.82. The van der Waals surface area contributed by atoms with Crippen molar-refractivity contribution >= 4 is 28.6 Å². The van der Waals surface area contributed by atoms with Gasteiger partial charge < -0.3 is 29.0 Å². The molecule has 0 saturated heterocycles. The van der Waals surface area contributed by atoms with E-state index >= 15 is 0 Å². The van der Waals surface area contributed by atoms with Gasteiger partial charge in [0.2, 0.25) is 0 Å². The number of aromatic nitrogens is 2. The zero-order valence-corrected chi connectivity index (χ0v) is 20.3. The number of aliphatic hydroxyl groups is 1. The third kappa shape index (κ3) is 6.16. The van der Waals surface area contributed by atoms with E-state index in [4.69, 9.17) is 23.9 Å². The monoisotopic (exact) mass is 481 g/mol. The molecule has 1 N–H and O–H groups in total. The topological polar surface area (TPSA) is 102 Å². The normalized spacial score (nSPS) is 15.1. The van der Waals surface area contributed by atoms with E-state index in [1.165, 1.54) is 0 Å². The van der Waals surface area contributed by atoms with Crippen LogP contribution in [0.2, 0.25) is 0 Å². The average Bonchev–Trinajstić information content (AvgIpc) is 3.32. The molecule has 35 heavy (non-hydrogen) atoms. The smallest absolute Gasteiger partial charge is 0.189 e. The van der Waals surface area contributed by atoms with Crippen molar-refractivity contribution in [3.8, 4) is 11.5 Å². The Kier molecular flexibility index (Phi) is 8.30. The number of hydrogen-bond donors (Lipinski definition) is 1. The molecule has 0 aliphatic carbocycles. The van der Waals surface area contributed by atoms with Crippen molar-refractivity contribution in [3.05, 3.63) is 48.3 Å². The fraction of sp³-hybridized carbons (Fsp3) is 0.400. The van der Waals surface area contributed by atoms with Gasteiger partial charge in [-0.15, -0.1) is 0 Å². The van der Waals surface area contributed by atoms with E-state index in [2.05, 4.69) is 10.1 Å². The molecule has 10 nitrogen and oxygen atoms in total. The van der Waals surface area contributed by atoms with Gasteiger partial charge in [0.25, 0.3) is 0 Å². The molecular formula is C25H31N5O5. The molecule has 2 heterocycles. The highest BCUT2D eigenvalue weighted by Crippen LogP contribution is 2.34. The summed E-state index contributed by atoms with van der Waals surface area (Å²) in [6, 6.07) is 11.4. The molecule has 1 atom stereocenters. The standard InChI is InChI=1S/C25H31N5O5/c1-29-16-18(14-27-29)25-15-26-23-5-4-19(12-24(23)28-25)30(6-7-31)20-10-21(33-3)13-22(11-20)35-17-34-9-8-32-2/h4-5,10-15,18,31H,6-9,16-17H2,1-3H3. The number of benzene rings is 2. The Morgan fingerprint density at radius 3 is 2.66 bits per heavy atom. The summed E-state index contributed by atoms with van der Waals surface area (Å²) in [7, 11) is 5.16. The molecule has 0 spiro atoms. The summed E-state index contributed by atoms with van der Waals surface area (Å²) >= 11 is 0. The van der Waals surface area contributed by atoms with Crippen LogP contribution in [-0.2, 0) is 9.47 Å². The lowest BCUT2D eigenvalue weighted by Gasteiger charge is -2.25. The summed E-state index contributed by atoms with van der Waals surface area (Å²) in [6.45, 7) is 2.13. The molecule has 4 rings (SSSR count). The summed E-state index contributed by atoms with van der Waals surface area (Å²) < 4.78 is 21.7. The second-order valence-electron chi connectivity index (χ2n) is 8.08. The van der Waals surface area contributed by atoms with Gasteiger partial charge in [0.15, 0.2) is 6.79 Å². The predicted octanol–water partition coefficient (Wildman–Crippen LogP) is 2.78. The van der Waals surface area contributed by atoms with Crippen LogP contribution in [0.25, 0.3) is 11.0 Å². The largest absolute Gasteiger partial charge is 0.497 e. The van der Waals surface area contributed by atoms with E-state index in [9.17, 15) is 5.11 Å². The first-order valence-electron chi connectivity index (χ1n) is 11.4. The van der Waals surface area contributed by atoms with Crippen LogP contribution in [0.15, 0.2) is 47.7 Å². The fourth-order valence-corrected chi connectivity index (χ4v) is 3.84. The van der Waals surface area contributed by atoms with Crippen molar-refractivity contribution in [2.24, 2.45) is 5.10 Å². The van der Waals surface area contributed by atoms with Gasteiger partial charge in [-0.3, -0.25) is 9.99 Å². The molecule has 0 fully saturated rings. The average molecular weight is 482 g/mol. The summed E-state index contributed by atoms with van der Waals surface area (Å²) in [5.74, 6) is 1.33. The van der Waals surface area contributed by atoms with Gasteiger partial charge in [0.1, 0.15) is 11.5 Å². The molecule has 0 amide bonds. The summed E-state index contributed by atoms with van der Waals surface area (Å²) in [4.78, 5) is 11.4. The molecule has 186 valence electrons. The Balaban J connectivity index is 1.62. The van der Waals surface area contributed by atoms with E-state index in [0.717, 1.165) is 34.6 Å². The number of aliphatic hydroxyl groups excluding tert-OH is 1. The van der Waals surface area contributed by atoms with Crippen molar-refractivity contribution in [2.75, 3.05) is 65.9 Å². The van der Waals surface area contributed by atoms with E-state index in [-0.39, 0.29) is 19.3 Å². The number of rotatable bonds is 12. The van der Waals surface area contributed by atoms with Crippen molar-refractivity contribution < 1.29 is 24.1 Å². The number of hydrazone groups is 1. The van der Waals surface area contributed by atoms with Crippen molar-refractivity contribution in [1.82, 2.24) is 15.0 Å². The quantitative estimate of drug-likeness (QED) is 0.309. The number of anilines is 2. The third-order valence-electron chi connectivity index (χ3n) is 5.62. The van der Waals surface area contributed by atoms with Crippen LogP contribution < -0.4 is 14.4 Å². The highest BCUT2D eigenvalue weighted by atomic mass is 16.7. The van der Waals surface area contributed by atoms with Crippen molar-refractivity contribution in [1.29, 1.82) is 0 Å². The first kappa shape index (κ1) is 24.6.